The summed E-state index contributed by atoms with van der Waals surface area (Å²) in [6, 6.07) is 11.8. The number of anilines is 1. The molecule has 1 saturated carbocycles. The lowest BCUT2D eigenvalue weighted by Gasteiger charge is -2.22. The van der Waals surface area contributed by atoms with Crippen LogP contribution in [0, 0.1) is 25.5 Å². The van der Waals surface area contributed by atoms with Gasteiger partial charge in [-0.25, -0.2) is 18.7 Å². The summed E-state index contributed by atoms with van der Waals surface area (Å²) in [6.07, 6.45) is 4.94. The molecule has 1 N–H and O–H groups in total. The molecular weight excluding hydrogens is 554 g/mol. The number of carbonyl (C=O) groups excluding carboxylic acids is 2. The zero-order valence-electron chi connectivity index (χ0n) is 24.0. The van der Waals surface area contributed by atoms with Crippen LogP contribution in [0.25, 0.3) is 33.4 Å². The number of furan rings is 1. The molecule has 5 aromatic rings. The van der Waals surface area contributed by atoms with E-state index in [0.717, 1.165) is 18.4 Å². The smallest absolute Gasteiger partial charge is 0.264 e. The summed E-state index contributed by atoms with van der Waals surface area (Å²) in [4.78, 5) is 37.4. The van der Waals surface area contributed by atoms with E-state index in [-0.39, 0.29) is 51.3 Å². The van der Waals surface area contributed by atoms with Crippen LogP contribution >= 0.6 is 0 Å². The van der Waals surface area contributed by atoms with Gasteiger partial charge in [0.25, 0.3) is 11.8 Å². The van der Waals surface area contributed by atoms with Gasteiger partial charge in [0.15, 0.2) is 0 Å². The van der Waals surface area contributed by atoms with Gasteiger partial charge < -0.3 is 14.5 Å². The number of nitrogens with one attached hydrogen (secondary N) is 1. The number of methoxy groups -OCH3 is 1. The molecule has 2 aromatic heterocycles. The summed E-state index contributed by atoms with van der Waals surface area (Å²) < 4.78 is 41.7. The molecular formula is C33H28F2N4O4. The standard InChI is InChI=1S/C33H28F2N4O4/c1-17-15-37-33(38-16-17)39(21-9-10-21)32(41)24-14-23(18(2)13-26(24)42-4)22-11-12-25-27(29(22)35)28(31(40)36-3)30(43-25)19-5-7-20(34)8-6-19/h5-8,11-16,21H,9-10H2,1-4H3,(H,36,40). The van der Waals surface area contributed by atoms with Crippen LogP contribution in [0.5, 0.6) is 5.75 Å². The van der Waals surface area contributed by atoms with Crippen LogP contribution in [0.2, 0.25) is 0 Å². The first-order valence-corrected chi connectivity index (χ1v) is 13.8. The van der Waals surface area contributed by atoms with Crippen molar-refractivity contribution >= 4 is 28.7 Å². The Morgan fingerprint density at radius 2 is 1.70 bits per heavy atom. The van der Waals surface area contributed by atoms with E-state index in [9.17, 15) is 14.0 Å². The van der Waals surface area contributed by atoms with E-state index in [2.05, 4.69) is 15.3 Å². The van der Waals surface area contributed by atoms with Crippen molar-refractivity contribution < 1.29 is 27.5 Å². The maximum atomic E-state index is 16.6. The number of hydrogen-bond donors (Lipinski definition) is 1. The summed E-state index contributed by atoms with van der Waals surface area (Å²) in [5.74, 6) is -1.33. The van der Waals surface area contributed by atoms with Crippen LogP contribution in [0.1, 0.15) is 44.7 Å². The molecule has 0 atom stereocenters. The molecule has 6 rings (SSSR count). The lowest BCUT2D eigenvalue weighted by atomic mass is 9.94. The van der Waals surface area contributed by atoms with Crippen LogP contribution in [-0.4, -0.2) is 42.0 Å². The molecule has 1 fully saturated rings. The number of hydrogen-bond acceptors (Lipinski definition) is 6. The number of fused-ring (bicyclic) bond motifs is 1. The van der Waals surface area contributed by atoms with Gasteiger partial charge in [0.05, 0.1) is 23.6 Å². The Morgan fingerprint density at radius 3 is 2.33 bits per heavy atom. The molecule has 218 valence electrons. The zero-order valence-corrected chi connectivity index (χ0v) is 24.0. The third-order valence-corrected chi connectivity index (χ3v) is 7.53. The fraction of sp³-hybridized carbons (Fsp3) is 0.212. The minimum absolute atomic E-state index is 0.0117. The van der Waals surface area contributed by atoms with Gasteiger partial charge in [-0.15, -0.1) is 0 Å². The average Bonchev–Trinajstić information content (AvgIpc) is 3.76. The van der Waals surface area contributed by atoms with E-state index >= 15 is 4.39 Å². The van der Waals surface area contributed by atoms with Crippen LogP contribution in [-0.2, 0) is 0 Å². The van der Waals surface area contributed by atoms with Crippen LogP contribution in [0.3, 0.4) is 0 Å². The largest absolute Gasteiger partial charge is 0.496 e. The molecule has 0 spiro atoms. The second kappa shape index (κ2) is 10.9. The normalized spacial score (nSPS) is 12.8. The second-order valence-electron chi connectivity index (χ2n) is 10.5. The topological polar surface area (TPSA) is 97.6 Å². The zero-order chi connectivity index (χ0) is 30.4. The highest BCUT2D eigenvalue weighted by atomic mass is 19.1. The van der Waals surface area contributed by atoms with Gasteiger partial charge in [-0.1, -0.05) is 0 Å². The highest BCUT2D eigenvalue weighted by Gasteiger charge is 2.37. The third kappa shape index (κ3) is 4.98. The first-order chi connectivity index (χ1) is 20.7. The highest BCUT2D eigenvalue weighted by molar-refractivity contribution is 6.12. The molecule has 10 heteroatoms. The summed E-state index contributed by atoms with van der Waals surface area (Å²) in [5.41, 5.74) is 2.92. The van der Waals surface area contributed by atoms with Crippen molar-refractivity contribution in [2.24, 2.45) is 0 Å². The molecule has 3 aromatic carbocycles. The quantitative estimate of drug-likeness (QED) is 0.231. The van der Waals surface area contributed by atoms with E-state index in [4.69, 9.17) is 9.15 Å². The second-order valence-corrected chi connectivity index (χ2v) is 10.5. The number of aromatic nitrogens is 2. The number of benzene rings is 3. The monoisotopic (exact) mass is 582 g/mol. The molecule has 0 saturated heterocycles. The predicted octanol–water partition coefficient (Wildman–Crippen LogP) is 6.63. The van der Waals surface area contributed by atoms with Crippen molar-refractivity contribution in [3.05, 3.63) is 94.8 Å². The van der Waals surface area contributed by atoms with E-state index in [0.29, 0.717) is 22.4 Å². The minimum Gasteiger partial charge on any atom is -0.496 e. The number of rotatable bonds is 7. The fourth-order valence-corrected chi connectivity index (χ4v) is 5.21. The molecule has 1 aliphatic rings. The number of nitrogens with zero attached hydrogens (tertiary/aromatic N) is 3. The van der Waals surface area contributed by atoms with Crippen LogP contribution in [0.4, 0.5) is 14.7 Å². The first kappa shape index (κ1) is 28.0. The Labute approximate surface area is 246 Å². The summed E-state index contributed by atoms with van der Waals surface area (Å²) in [5, 5.41) is 2.53. The number of aryl methyl sites for hydroxylation is 2. The summed E-state index contributed by atoms with van der Waals surface area (Å²) >= 11 is 0. The van der Waals surface area contributed by atoms with E-state index < -0.39 is 17.5 Å². The summed E-state index contributed by atoms with van der Waals surface area (Å²) in [6.45, 7) is 3.66. The molecule has 43 heavy (non-hydrogen) atoms. The van der Waals surface area contributed by atoms with Gasteiger partial charge in [0, 0.05) is 36.6 Å². The van der Waals surface area contributed by atoms with Gasteiger partial charge in [-0.2, -0.15) is 0 Å². The Hall–Kier alpha value is -5.12. The Balaban J connectivity index is 1.51. The first-order valence-electron chi connectivity index (χ1n) is 13.8. The molecule has 0 radical (unpaired) electrons. The van der Waals surface area contributed by atoms with Gasteiger partial charge in [-0.3, -0.25) is 14.5 Å². The number of ether oxygens (including phenoxy) is 1. The summed E-state index contributed by atoms with van der Waals surface area (Å²) in [7, 11) is 2.91. The Morgan fingerprint density at radius 1 is 1.00 bits per heavy atom. The average molecular weight is 583 g/mol. The molecule has 8 nitrogen and oxygen atoms in total. The van der Waals surface area contributed by atoms with E-state index in [1.807, 2.05) is 6.92 Å². The molecule has 0 aliphatic heterocycles. The van der Waals surface area contributed by atoms with Gasteiger partial charge in [0.2, 0.25) is 5.95 Å². The molecule has 2 amide bonds. The molecule has 2 heterocycles. The maximum absolute atomic E-state index is 16.6. The van der Waals surface area contributed by atoms with Crippen molar-refractivity contribution in [1.82, 2.24) is 15.3 Å². The lowest BCUT2D eigenvalue weighted by Crippen LogP contribution is -2.35. The number of amides is 2. The van der Waals surface area contributed by atoms with E-state index in [1.165, 1.54) is 38.4 Å². The van der Waals surface area contributed by atoms with E-state index in [1.54, 1.807) is 48.5 Å². The fourth-order valence-electron chi connectivity index (χ4n) is 5.21. The molecule has 0 unspecified atom stereocenters. The van der Waals surface area contributed by atoms with Crippen molar-refractivity contribution in [2.45, 2.75) is 32.7 Å². The Kier molecular flexibility index (Phi) is 7.13. The van der Waals surface area contributed by atoms with Crippen molar-refractivity contribution in [3.63, 3.8) is 0 Å². The highest BCUT2D eigenvalue weighted by Crippen LogP contribution is 2.41. The number of halogens is 2. The predicted molar refractivity (Wildman–Crippen MR) is 158 cm³/mol. The lowest BCUT2D eigenvalue weighted by molar-refractivity contribution is 0.0961. The van der Waals surface area contributed by atoms with Gasteiger partial charge in [-0.05, 0) is 91.9 Å². The molecule has 1 aliphatic carbocycles. The van der Waals surface area contributed by atoms with Crippen molar-refractivity contribution in [1.29, 1.82) is 0 Å². The maximum Gasteiger partial charge on any atom is 0.264 e. The van der Waals surface area contributed by atoms with Crippen molar-refractivity contribution in [2.75, 3.05) is 19.1 Å². The van der Waals surface area contributed by atoms with Crippen LogP contribution in [0.15, 0.2) is 65.3 Å². The Bertz CT molecular complexity index is 1880. The molecule has 0 bridgehead atoms. The van der Waals surface area contributed by atoms with Crippen molar-refractivity contribution in [3.8, 4) is 28.2 Å². The third-order valence-electron chi connectivity index (χ3n) is 7.53. The van der Waals surface area contributed by atoms with Gasteiger partial charge in [0.1, 0.15) is 28.7 Å². The van der Waals surface area contributed by atoms with Crippen LogP contribution < -0.4 is 15.0 Å². The minimum atomic E-state index is -0.694. The van der Waals surface area contributed by atoms with Gasteiger partial charge >= 0.3 is 0 Å². The SMILES string of the molecule is CNC(=O)c1c(-c2ccc(F)cc2)oc2ccc(-c3cc(C(=O)N(c4ncc(C)cn4)C4CC4)c(OC)cc3C)c(F)c12. The number of carbonyl (C=O) groups is 2.